The molecule has 0 aromatic heterocycles. The van der Waals surface area contributed by atoms with E-state index in [0.29, 0.717) is 30.9 Å². The highest BCUT2D eigenvalue weighted by Gasteiger charge is 2.28. The number of carbonyl (C=O) groups is 1. The summed E-state index contributed by atoms with van der Waals surface area (Å²) >= 11 is 0. The summed E-state index contributed by atoms with van der Waals surface area (Å²) in [5, 5.41) is 12.1. The second-order valence-electron chi connectivity index (χ2n) is 7.30. The van der Waals surface area contributed by atoms with Gasteiger partial charge >= 0.3 is 0 Å². The number of methoxy groups -OCH3 is 1. The monoisotopic (exact) mass is 402 g/mol. The number of fused-ring (bicyclic) bond motifs is 1. The smallest absolute Gasteiger partial charge is 0.258 e. The number of amides is 1. The topological polar surface area (TPSA) is 61.8 Å². The average molecular weight is 402 g/mol. The van der Waals surface area contributed by atoms with Crippen LogP contribution in [0.2, 0.25) is 0 Å². The molecule has 0 bridgehead atoms. The second-order valence-corrected chi connectivity index (χ2v) is 7.30. The van der Waals surface area contributed by atoms with Gasteiger partial charge in [-0.1, -0.05) is 48.5 Å². The number of anilines is 1. The van der Waals surface area contributed by atoms with Crippen LogP contribution in [0.4, 0.5) is 5.69 Å². The Hall–Kier alpha value is -3.15. The summed E-state index contributed by atoms with van der Waals surface area (Å²) in [6, 6.07) is 22.0. The molecule has 5 heteroatoms. The quantitative estimate of drug-likeness (QED) is 0.593. The maximum absolute atomic E-state index is 13.3. The molecule has 0 saturated carbocycles. The Morgan fingerprint density at radius 3 is 2.70 bits per heavy atom. The van der Waals surface area contributed by atoms with Crippen molar-refractivity contribution < 1.29 is 14.6 Å². The van der Waals surface area contributed by atoms with E-state index in [9.17, 15) is 4.79 Å². The lowest BCUT2D eigenvalue weighted by molar-refractivity contribution is 0.0989. The van der Waals surface area contributed by atoms with Crippen molar-refractivity contribution in [2.75, 3.05) is 31.7 Å². The summed E-state index contributed by atoms with van der Waals surface area (Å²) in [5.41, 5.74) is 6.12. The lowest BCUT2D eigenvalue weighted by Crippen LogP contribution is -2.29. The molecule has 30 heavy (non-hydrogen) atoms. The van der Waals surface area contributed by atoms with Crippen molar-refractivity contribution in [1.82, 2.24) is 5.32 Å². The number of aliphatic hydroxyl groups is 1. The number of aliphatic hydroxyl groups excluding tert-OH is 1. The molecule has 154 valence electrons. The Morgan fingerprint density at radius 1 is 1.10 bits per heavy atom. The maximum Gasteiger partial charge on any atom is 0.258 e. The summed E-state index contributed by atoms with van der Waals surface area (Å²) in [7, 11) is 1.61. The van der Waals surface area contributed by atoms with Gasteiger partial charge in [0, 0.05) is 36.4 Å². The first-order valence-electron chi connectivity index (χ1n) is 10.2. The maximum atomic E-state index is 13.3. The van der Waals surface area contributed by atoms with Crippen LogP contribution in [0.5, 0.6) is 5.75 Å². The highest BCUT2D eigenvalue weighted by Crippen LogP contribution is 2.37. The first kappa shape index (κ1) is 20.1. The highest BCUT2D eigenvalue weighted by molar-refractivity contribution is 6.08. The van der Waals surface area contributed by atoms with Gasteiger partial charge < -0.3 is 20.1 Å². The number of ether oxygens (including phenoxy) is 1. The molecule has 5 nitrogen and oxygen atoms in total. The van der Waals surface area contributed by atoms with Crippen LogP contribution in [0, 0.1) is 0 Å². The second kappa shape index (κ2) is 9.11. The first-order chi connectivity index (χ1) is 14.7. The van der Waals surface area contributed by atoms with E-state index in [1.165, 1.54) is 16.7 Å². The minimum absolute atomic E-state index is 0.0212. The van der Waals surface area contributed by atoms with Crippen LogP contribution < -0.4 is 15.0 Å². The molecule has 0 spiro atoms. The normalized spacial score (nSPS) is 12.7. The number of nitrogens with one attached hydrogen (secondary N) is 1. The standard InChI is InChI=1S/C25H26N2O3/c1-30-24-16-19(10-11-20(24)17-26-13-15-28)25(29)27-14-12-22-21(8-5-9-23(22)27)18-6-3-2-4-7-18/h2-11,16,26,28H,12-15,17H2,1H3. The fourth-order valence-electron chi connectivity index (χ4n) is 4.02. The van der Waals surface area contributed by atoms with E-state index in [1.807, 2.05) is 47.4 Å². The van der Waals surface area contributed by atoms with Crippen LogP contribution in [-0.2, 0) is 13.0 Å². The number of hydrogen-bond acceptors (Lipinski definition) is 4. The highest BCUT2D eigenvalue weighted by atomic mass is 16.5. The molecule has 4 rings (SSSR count). The molecule has 0 saturated heterocycles. The van der Waals surface area contributed by atoms with Crippen LogP contribution in [-0.4, -0.2) is 37.8 Å². The molecule has 2 N–H and O–H groups in total. The zero-order valence-corrected chi connectivity index (χ0v) is 17.1. The lowest BCUT2D eigenvalue weighted by Gasteiger charge is -2.19. The SMILES string of the molecule is COc1cc(C(=O)N2CCc3c(-c4ccccc4)cccc32)ccc1CNCCO. The van der Waals surface area contributed by atoms with Gasteiger partial charge in [0.2, 0.25) is 0 Å². The van der Waals surface area contributed by atoms with E-state index in [0.717, 1.165) is 17.7 Å². The van der Waals surface area contributed by atoms with E-state index in [-0.39, 0.29) is 12.5 Å². The number of hydrogen-bond donors (Lipinski definition) is 2. The summed E-state index contributed by atoms with van der Waals surface area (Å²) < 4.78 is 5.50. The number of nitrogens with zero attached hydrogens (tertiary/aromatic N) is 1. The van der Waals surface area contributed by atoms with E-state index < -0.39 is 0 Å². The van der Waals surface area contributed by atoms with Crippen molar-refractivity contribution in [3.05, 3.63) is 83.4 Å². The van der Waals surface area contributed by atoms with Gasteiger partial charge in [0.15, 0.2) is 0 Å². The van der Waals surface area contributed by atoms with Crippen molar-refractivity contribution in [1.29, 1.82) is 0 Å². The average Bonchev–Trinajstić information content (AvgIpc) is 3.24. The van der Waals surface area contributed by atoms with Crippen LogP contribution in [0.25, 0.3) is 11.1 Å². The Balaban J connectivity index is 1.61. The summed E-state index contributed by atoms with van der Waals surface area (Å²) in [6.07, 6.45) is 0.840. The van der Waals surface area contributed by atoms with Gasteiger partial charge in [-0.3, -0.25) is 4.79 Å². The Morgan fingerprint density at radius 2 is 1.93 bits per heavy atom. The third-order valence-electron chi connectivity index (χ3n) is 5.50. The molecule has 3 aromatic carbocycles. The molecule has 3 aromatic rings. The molecule has 1 heterocycles. The Labute approximate surface area is 176 Å². The molecule has 0 unspecified atom stereocenters. The van der Waals surface area contributed by atoms with Crippen molar-refractivity contribution in [2.45, 2.75) is 13.0 Å². The van der Waals surface area contributed by atoms with Crippen molar-refractivity contribution in [3.63, 3.8) is 0 Å². The summed E-state index contributed by atoms with van der Waals surface area (Å²) in [4.78, 5) is 15.2. The molecule has 0 aliphatic carbocycles. The van der Waals surface area contributed by atoms with E-state index in [2.05, 4.69) is 23.5 Å². The molecular formula is C25H26N2O3. The van der Waals surface area contributed by atoms with Gasteiger partial charge in [-0.15, -0.1) is 0 Å². The molecule has 1 aliphatic rings. The minimum atomic E-state index is -0.0212. The van der Waals surface area contributed by atoms with Crippen molar-refractivity contribution >= 4 is 11.6 Å². The predicted octanol–water partition coefficient (Wildman–Crippen LogP) is 3.65. The lowest BCUT2D eigenvalue weighted by atomic mass is 9.98. The van der Waals surface area contributed by atoms with Crippen molar-refractivity contribution in [3.8, 4) is 16.9 Å². The Bertz CT molecular complexity index is 1030. The fraction of sp³-hybridized carbons (Fsp3) is 0.240. The van der Waals surface area contributed by atoms with Crippen LogP contribution >= 0.6 is 0 Å². The van der Waals surface area contributed by atoms with Gasteiger partial charge in [0.1, 0.15) is 5.75 Å². The molecule has 0 fully saturated rings. The van der Waals surface area contributed by atoms with Gasteiger partial charge in [-0.05, 0) is 41.3 Å². The van der Waals surface area contributed by atoms with Crippen molar-refractivity contribution in [2.24, 2.45) is 0 Å². The van der Waals surface area contributed by atoms with Crippen LogP contribution in [0.1, 0.15) is 21.5 Å². The molecule has 0 atom stereocenters. The predicted molar refractivity (Wildman–Crippen MR) is 119 cm³/mol. The molecule has 1 aliphatic heterocycles. The Kier molecular flexibility index (Phi) is 6.12. The summed E-state index contributed by atoms with van der Waals surface area (Å²) in [6.45, 7) is 1.84. The first-order valence-corrected chi connectivity index (χ1v) is 10.2. The largest absolute Gasteiger partial charge is 0.496 e. The van der Waals surface area contributed by atoms with Crippen LogP contribution in [0.3, 0.4) is 0 Å². The third kappa shape index (κ3) is 3.95. The van der Waals surface area contributed by atoms with Gasteiger partial charge in [0.05, 0.1) is 13.7 Å². The number of rotatable bonds is 7. The zero-order valence-electron chi connectivity index (χ0n) is 17.1. The van der Waals surface area contributed by atoms with E-state index >= 15 is 0 Å². The molecule has 0 radical (unpaired) electrons. The zero-order chi connectivity index (χ0) is 20.9. The van der Waals surface area contributed by atoms with Gasteiger partial charge in [-0.2, -0.15) is 0 Å². The number of carbonyl (C=O) groups excluding carboxylic acids is 1. The van der Waals surface area contributed by atoms with E-state index in [4.69, 9.17) is 9.84 Å². The minimum Gasteiger partial charge on any atom is -0.496 e. The number of benzene rings is 3. The van der Waals surface area contributed by atoms with Gasteiger partial charge in [0.25, 0.3) is 5.91 Å². The molecular weight excluding hydrogens is 376 g/mol. The van der Waals surface area contributed by atoms with Gasteiger partial charge in [-0.25, -0.2) is 0 Å². The summed E-state index contributed by atoms with van der Waals surface area (Å²) in [5.74, 6) is 0.649. The molecule has 1 amide bonds. The van der Waals surface area contributed by atoms with Crippen LogP contribution in [0.15, 0.2) is 66.7 Å². The van der Waals surface area contributed by atoms with E-state index in [1.54, 1.807) is 13.2 Å². The fourth-order valence-corrected chi connectivity index (χ4v) is 4.02. The third-order valence-corrected chi connectivity index (χ3v) is 5.50.